The summed E-state index contributed by atoms with van der Waals surface area (Å²) < 4.78 is 0. The average Bonchev–Trinajstić information content (AvgIpc) is 3.56. The van der Waals surface area contributed by atoms with Crippen LogP contribution in [0.1, 0.15) is 62.2 Å². The van der Waals surface area contributed by atoms with Crippen molar-refractivity contribution in [2.75, 3.05) is 0 Å². The number of aliphatic imine (C=N–C) groups is 1. The second kappa shape index (κ2) is 11.3. The SMILES string of the molecule is C1=CC(C2C3CC4CC(C3)C2C4)CC=C1C1N=C(C2C=CC3CC=C(c4ccccc4)C=C3C2)NC(c2ccc3ccccc3c2)N1. The molecule has 4 fully saturated rings. The van der Waals surface area contributed by atoms with E-state index in [-0.39, 0.29) is 18.2 Å². The van der Waals surface area contributed by atoms with Crippen molar-refractivity contribution in [2.24, 2.45) is 52.3 Å². The number of benzene rings is 3. The van der Waals surface area contributed by atoms with Crippen molar-refractivity contribution < 1.29 is 0 Å². The highest BCUT2D eigenvalue weighted by molar-refractivity contribution is 5.89. The summed E-state index contributed by atoms with van der Waals surface area (Å²) >= 11 is 0. The fourth-order valence-corrected chi connectivity index (χ4v) is 10.9. The minimum Gasteiger partial charge on any atom is -0.354 e. The smallest absolute Gasteiger partial charge is 0.129 e. The van der Waals surface area contributed by atoms with Crippen molar-refractivity contribution in [1.82, 2.24) is 10.6 Å². The van der Waals surface area contributed by atoms with Crippen LogP contribution in [-0.2, 0) is 0 Å². The van der Waals surface area contributed by atoms with Crippen LogP contribution in [0.5, 0.6) is 0 Å². The van der Waals surface area contributed by atoms with Crippen molar-refractivity contribution in [3.63, 3.8) is 0 Å². The van der Waals surface area contributed by atoms with E-state index in [9.17, 15) is 0 Å². The third-order valence-electron chi connectivity index (χ3n) is 13.0. The van der Waals surface area contributed by atoms with Crippen molar-refractivity contribution in [3.8, 4) is 0 Å². The Morgan fingerprint density at radius 2 is 1.57 bits per heavy atom. The number of fused-ring (bicyclic) bond motifs is 2. The first-order valence-corrected chi connectivity index (χ1v) is 18.3. The van der Waals surface area contributed by atoms with E-state index in [0.29, 0.717) is 11.8 Å². The summed E-state index contributed by atoms with van der Waals surface area (Å²) in [6.45, 7) is 0. The number of nitrogens with zero attached hydrogens (tertiary/aromatic N) is 1. The van der Waals surface area contributed by atoms with Gasteiger partial charge in [-0.2, -0.15) is 0 Å². The van der Waals surface area contributed by atoms with E-state index in [1.165, 1.54) is 70.7 Å². The number of rotatable bonds is 5. The lowest BCUT2D eigenvalue weighted by atomic mass is 9.68. The fraction of sp³-hybridized carbons (Fsp3) is 0.386. The lowest BCUT2D eigenvalue weighted by Crippen LogP contribution is -2.51. The Morgan fingerprint density at radius 1 is 0.723 bits per heavy atom. The summed E-state index contributed by atoms with van der Waals surface area (Å²) in [5.41, 5.74) is 6.79. The molecule has 3 nitrogen and oxygen atoms in total. The monoisotopic (exact) mass is 615 g/mol. The van der Waals surface area contributed by atoms with Crippen LogP contribution in [0.2, 0.25) is 0 Å². The Kier molecular flexibility index (Phi) is 6.78. The van der Waals surface area contributed by atoms with Crippen LogP contribution in [0.3, 0.4) is 0 Å². The molecule has 3 aromatic rings. The summed E-state index contributed by atoms with van der Waals surface area (Å²) in [7, 11) is 0. The first-order valence-electron chi connectivity index (χ1n) is 18.3. The van der Waals surface area contributed by atoms with E-state index in [2.05, 4.69) is 126 Å². The molecule has 3 heteroatoms. The van der Waals surface area contributed by atoms with Crippen LogP contribution in [-0.4, -0.2) is 12.0 Å². The van der Waals surface area contributed by atoms with Crippen molar-refractivity contribution >= 4 is 22.2 Å². The lowest BCUT2D eigenvalue weighted by Gasteiger charge is -2.39. The van der Waals surface area contributed by atoms with Gasteiger partial charge in [-0.15, -0.1) is 0 Å². The number of hydrogen-bond acceptors (Lipinski definition) is 3. The van der Waals surface area contributed by atoms with Gasteiger partial charge in [0.1, 0.15) is 18.2 Å². The third kappa shape index (κ3) is 5.01. The molecule has 7 aliphatic carbocycles. The van der Waals surface area contributed by atoms with Gasteiger partial charge in [-0.3, -0.25) is 5.32 Å². The number of allylic oxidation sites excluding steroid dienone is 7. The molecule has 8 aliphatic rings. The molecular formula is C44H45N3. The molecule has 236 valence electrons. The quantitative estimate of drug-likeness (QED) is 0.281. The predicted octanol–water partition coefficient (Wildman–Crippen LogP) is 9.55. The minimum absolute atomic E-state index is 0.00338. The molecule has 0 spiro atoms. The number of nitrogens with one attached hydrogen (secondary N) is 2. The molecule has 4 bridgehead atoms. The van der Waals surface area contributed by atoms with E-state index >= 15 is 0 Å². The Labute approximate surface area is 279 Å². The number of hydrogen-bond donors (Lipinski definition) is 2. The summed E-state index contributed by atoms with van der Waals surface area (Å²) in [5, 5.41) is 10.4. The van der Waals surface area contributed by atoms with Crippen molar-refractivity contribution in [1.29, 1.82) is 0 Å². The van der Waals surface area contributed by atoms with E-state index in [1.54, 1.807) is 0 Å². The normalized spacial score (nSPS) is 36.8. The van der Waals surface area contributed by atoms with Gasteiger partial charge in [0, 0.05) is 11.8 Å². The van der Waals surface area contributed by atoms with Gasteiger partial charge in [0.15, 0.2) is 0 Å². The molecule has 1 heterocycles. The largest absolute Gasteiger partial charge is 0.354 e. The Morgan fingerprint density at radius 3 is 2.45 bits per heavy atom. The topological polar surface area (TPSA) is 36.4 Å². The molecule has 47 heavy (non-hydrogen) atoms. The highest BCUT2D eigenvalue weighted by Crippen LogP contribution is 2.63. The first-order chi connectivity index (χ1) is 23.2. The Balaban J connectivity index is 0.943. The predicted molar refractivity (Wildman–Crippen MR) is 193 cm³/mol. The molecular weight excluding hydrogens is 571 g/mol. The highest BCUT2D eigenvalue weighted by atomic mass is 15.3. The highest BCUT2D eigenvalue weighted by Gasteiger charge is 2.55. The van der Waals surface area contributed by atoms with E-state index in [4.69, 9.17) is 4.99 Å². The molecule has 1 aliphatic heterocycles. The maximum atomic E-state index is 5.46. The van der Waals surface area contributed by atoms with E-state index < -0.39 is 0 Å². The Hall–Kier alpha value is -3.95. The molecule has 11 rings (SSSR count). The van der Waals surface area contributed by atoms with Crippen LogP contribution in [0.4, 0.5) is 0 Å². The standard InChI is InChI=1S/C44H45N3/c1-2-6-28(7-3-1)34-17-10-30-12-19-36(25-37(30)24-34)44-46-42(45-43(47-44)35-18-11-29-8-4-5-9-33(29)23-35)32-15-13-31(14-16-32)41-39-21-27-20-38(26-39)40(41)22-27/h1-9,11-13,15-19,23-24,27,30-31,36,38-43,45H,10,14,20-22,25-26H2,(H,46,47). The minimum atomic E-state index is -0.0537. The summed E-state index contributed by atoms with van der Waals surface area (Å²) in [6, 6.07) is 26.4. The molecule has 3 aromatic carbocycles. The van der Waals surface area contributed by atoms with Crippen LogP contribution in [0.25, 0.3) is 16.3 Å². The second-order valence-electron chi connectivity index (χ2n) is 15.6. The zero-order valence-electron chi connectivity index (χ0n) is 27.1. The van der Waals surface area contributed by atoms with Crippen molar-refractivity contribution in [2.45, 2.75) is 57.3 Å². The molecule has 0 amide bonds. The van der Waals surface area contributed by atoms with Crippen LogP contribution >= 0.6 is 0 Å². The zero-order chi connectivity index (χ0) is 30.9. The van der Waals surface area contributed by atoms with Gasteiger partial charge in [-0.05, 0) is 120 Å². The van der Waals surface area contributed by atoms with Gasteiger partial charge < -0.3 is 5.32 Å². The Bertz CT molecular complexity index is 1890. The van der Waals surface area contributed by atoms with Crippen LogP contribution in [0.15, 0.2) is 131 Å². The van der Waals surface area contributed by atoms with Crippen LogP contribution < -0.4 is 10.6 Å². The second-order valence-corrected chi connectivity index (χ2v) is 15.6. The number of amidine groups is 1. The van der Waals surface area contributed by atoms with Crippen LogP contribution in [0, 0.1) is 47.3 Å². The maximum absolute atomic E-state index is 5.46. The van der Waals surface area contributed by atoms with Crippen molar-refractivity contribution in [3.05, 3.63) is 138 Å². The molecule has 2 N–H and O–H groups in total. The summed E-state index contributed by atoms with van der Waals surface area (Å²) in [6.07, 6.45) is 26.6. The molecule has 0 aromatic heterocycles. The van der Waals surface area contributed by atoms with Gasteiger partial charge in [0.2, 0.25) is 0 Å². The van der Waals surface area contributed by atoms with Gasteiger partial charge in [-0.1, -0.05) is 115 Å². The third-order valence-corrected chi connectivity index (χ3v) is 13.0. The molecule has 4 saturated carbocycles. The first kappa shape index (κ1) is 28.1. The van der Waals surface area contributed by atoms with E-state index in [1.807, 2.05) is 0 Å². The zero-order valence-corrected chi connectivity index (χ0v) is 27.1. The average molecular weight is 616 g/mol. The maximum Gasteiger partial charge on any atom is 0.129 e. The molecule has 0 radical (unpaired) electrons. The summed E-state index contributed by atoms with van der Waals surface area (Å²) in [5.74, 6) is 7.53. The molecule has 10 unspecified atom stereocenters. The molecule has 10 atom stereocenters. The summed E-state index contributed by atoms with van der Waals surface area (Å²) in [4.78, 5) is 5.46. The van der Waals surface area contributed by atoms with E-state index in [0.717, 1.165) is 48.3 Å². The van der Waals surface area contributed by atoms with Gasteiger partial charge >= 0.3 is 0 Å². The van der Waals surface area contributed by atoms with Gasteiger partial charge in [0.25, 0.3) is 0 Å². The lowest BCUT2D eigenvalue weighted by molar-refractivity contribution is 0.155. The van der Waals surface area contributed by atoms with Gasteiger partial charge in [0.05, 0.1) is 0 Å². The fourth-order valence-electron chi connectivity index (χ4n) is 10.9. The van der Waals surface area contributed by atoms with Gasteiger partial charge in [-0.25, -0.2) is 4.99 Å². The molecule has 0 saturated heterocycles.